The van der Waals surface area contributed by atoms with Crippen molar-refractivity contribution in [3.8, 4) is 0 Å². The Balaban J connectivity index is 2.18. The van der Waals surface area contributed by atoms with E-state index in [2.05, 4.69) is 10.4 Å². The number of anilines is 2. The van der Waals surface area contributed by atoms with E-state index >= 15 is 0 Å². The van der Waals surface area contributed by atoms with Gasteiger partial charge < -0.3 is 10.1 Å². The summed E-state index contributed by atoms with van der Waals surface area (Å²) in [7, 11) is 0. The van der Waals surface area contributed by atoms with Crippen molar-refractivity contribution >= 4 is 40.6 Å². The summed E-state index contributed by atoms with van der Waals surface area (Å²) >= 11 is 6.06. The zero-order valence-corrected chi connectivity index (χ0v) is 17.4. The first-order chi connectivity index (χ1) is 14.6. The Kier molecular flexibility index (Phi) is 6.26. The van der Waals surface area contributed by atoms with Crippen molar-refractivity contribution in [1.82, 2.24) is 0 Å². The second-order valence-corrected chi connectivity index (χ2v) is 7.20. The number of hydrazone groups is 1. The van der Waals surface area contributed by atoms with E-state index in [-0.39, 0.29) is 28.7 Å². The minimum atomic E-state index is -5.23. The van der Waals surface area contributed by atoms with E-state index in [4.69, 9.17) is 16.3 Å². The van der Waals surface area contributed by atoms with E-state index in [9.17, 15) is 22.8 Å². The highest BCUT2D eigenvalue weighted by atomic mass is 35.5. The molecule has 2 atom stereocenters. The Labute approximate surface area is 181 Å². The summed E-state index contributed by atoms with van der Waals surface area (Å²) in [4.78, 5) is 26.1. The van der Waals surface area contributed by atoms with Gasteiger partial charge in [0, 0.05) is 0 Å². The van der Waals surface area contributed by atoms with Crippen molar-refractivity contribution < 1.29 is 27.5 Å². The molecule has 10 heteroatoms. The summed E-state index contributed by atoms with van der Waals surface area (Å²) < 4.78 is 48.8. The third kappa shape index (κ3) is 3.97. The minimum Gasteiger partial charge on any atom is -0.464 e. The quantitative estimate of drug-likeness (QED) is 0.646. The van der Waals surface area contributed by atoms with Crippen LogP contribution in [0.3, 0.4) is 0 Å². The Morgan fingerprint density at radius 3 is 2.35 bits per heavy atom. The Morgan fingerprint density at radius 1 is 1.16 bits per heavy atom. The number of esters is 1. The maximum Gasteiger partial charge on any atom is 0.423 e. The molecule has 0 radical (unpaired) electrons. The van der Waals surface area contributed by atoms with Crippen LogP contribution in [0.4, 0.5) is 24.5 Å². The molecule has 0 fully saturated rings. The number of rotatable bonds is 6. The summed E-state index contributed by atoms with van der Waals surface area (Å²) in [5.41, 5.74) is -3.54. The number of nitrogens with zero attached hydrogens (tertiary/aromatic N) is 2. The molecule has 1 heterocycles. The first-order valence-electron chi connectivity index (χ1n) is 9.34. The van der Waals surface area contributed by atoms with Gasteiger partial charge in [0.15, 0.2) is 0 Å². The first-order valence-corrected chi connectivity index (χ1v) is 9.72. The molecule has 2 aromatic rings. The standard InChI is InChI=1S/C21H19ClF3N3O3/c1-3-31-19(30)20(21(23,24)25,26-16-12-8-7-11-15(16)22)17-13(2)27-28(18(17)29)14-9-5-4-6-10-14/h4-12,17,26H,3H2,1-2H3. The number of alkyl halides is 3. The van der Waals surface area contributed by atoms with Crippen LogP contribution in [-0.4, -0.2) is 35.9 Å². The average Bonchev–Trinajstić information content (AvgIpc) is 3.02. The van der Waals surface area contributed by atoms with E-state index in [0.717, 1.165) is 5.01 Å². The lowest BCUT2D eigenvalue weighted by Crippen LogP contribution is -2.66. The largest absolute Gasteiger partial charge is 0.464 e. The van der Waals surface area contributed by atoms with Gasteiger partial charge in [0.1, 0.15) is 5.92 Å². The Hall–Kier alpha value is -3.07. The highest BCUT2D eigenvalue weighted by molar-refractivity contribution is 6.33. The first kappa shape index (κ1) is 22.6. The van der Waals surface area contributed by atoms with Crippen LogP contribution in [0.5, 0.6) is 0 Å². The summed E-state index contributed by atoms with van der Waals surface area (Å²) in [6.45, 7) is 2.32. The van der Waals surface area contributed by atoms with Gasteiger partial charge in [-0.3, -0.25) is 4.79 Å². The van der Waals surface area contributed by atoms with Crippen LogP contribution >= 0.6 is 11.6 Å². The molecule has 0 spiro atoms. The van der Waals surface area contributed by atoms with Gasteiger partial charge in [-0.25, -0.2) is 9.80 Å². The Morgan fingerprint density at radius 2 is 1.77 bits per heavy atom. The second kappa shape index (κ2) is 8.58. The van der Waals surface area contributed by atoms with Crippen LogP contribution in [0.25, 0.3) is 0 Å². The number of carbonyl (C=O) groups is 2. The third-order valence-electron chi connectivity index (χ3n) is 4.82. The molecular formula is C21H19ClF3N3O3. The van der Waals surface area contributed by atoms with E-state index in [1.54, 1.807) is 18.2 Å². The summed E-state index contributed by atoms with van der Waals surface area (Å²) in [5.74, 6) is -4.68. The van der Waals surface area contributed by atoms with Crippen LogP contribution in [0.15, 0.2) is 59.7 Å². The number of carbonyl (C=O) groups excluding carboxylic acids is 2. The second-order valence-electron chi connectivity index (χ2n) is 6.79. The SMILES string of the molecule is CCOC(=O)C(Nc1ccccc1Cl)(C1C(=O)N(c2ccccc2)N=C1C)C(F)(F)F. The van der Waals surface area contributed by atoms with Crippen molar-refractivity contribution in [3.63, 3.8) is 0 Å². The number of amides is 1. The van der Waals surface area contributed by atoms with Gasteiger partial charge in [-0.15, -0.1) is 0 Å². The fourth-order valence-electron chi connectivity index (χ4n) is 3.43. The van der Waals surface area contributed by atoms with Crippen LogP contribution in [0, 0.1) is 5.92 Å². The molecule has 2 aromatic carbocycles. The molecule has 1 aliphatic rings. The lowest BCUT2D eigenvalue weighted by atomic mass is 9.79. The van der Waals surface area contributed by atoms with E-state index in [1.165, 1.54) is 50.2 Å². The topological polar surface area (TPSA) is 71.0 Å². The van der Waals surface area contributed by atoms with Crippen molar-refractivity contribution in [2.75, 3.05) is 16.9 Å². The molecule has 0 bridgehead atoms. The van der Waals surface area contributed by atoms with Crippen molar-refractivity contribution in [1.29, 1.82) is 0 Å². The zero-order chi connectivity index (χ0) is 22.8. The average molecular weight is 454 g/mol. The number of hydrogen-bond acceptors (Lipinski definition) is 5. The van der Waals surface area contributed by atoms with Gasteiger partial charge in [0.25, 0.3) is 5.91 Å². The van der Waals surface area contributed by atoms with Crippen LogP contribution in [0.2, 0.25) is 5.02 Å². The van der Waals surface area contributed by atoms with Gasteiger partial charge in [-0.1, -0.05) is 41.9 Å². The molecule has 31 heavy (non-hydrogen) atoms. The van der Waals surface area contributed by atoms with Crippen LogP contribution in [0.1, 0.15) is 13.8 Å². The van der Waals surface area contributed by atoms with E-state index < -0.39 is 29.5 Å². The van der Waals surface area contributed by atoms with E-state index in [0.29, 0.717) is 0 Å². The molecular weight excluding hydrogens is 435 g/mol. The fourth-order valence-corrected chi connectivity index (χ4v) is 3.61. The van der Waals surface area contributed by atoms with Crippen molar-refractivity contribution in [3.05, 3.63) is 59.6 Å². The van der Waals surface area contributed by atoms with Crippen LogP contribution in [-0.2, 0) is 14.3 Å². The predicted octanol–water partition coefficient (Wildman–Crippen LogP) is 4.66. The molecule has 0 saturated heterocycles. The molecule has 164 valence electrons. The smallest absolute Gasteiger partial charge is 0.423 e. The van der Waals surface area contributed by atoms with Gasteiger partial charge in [-0.2, -0.15) is 18.3 Å². The Bertz CT molecular complexity index is 1010. The van der Waals surface area contributed by atoms with Gasteiger partial charge >= 0.3 is 12.1 Å². The lowest BCUT2D eigenvalue weighted by Gasteiger charge is -2.38. The predicted molar refractivity (Wildman–Crippen MR) is 111 cm³/mol. The zero-order valence-electron chi connectivity index (χ0n) is 16.6. The summed E-state index contributed by atoms with van der Waals surface area (Å²) in [6, 6.07) is 13.6. The number of halogens is 4. The van der Waals surface area contributed by atoms with Gasteiger partial charge in [0.05, 0.1) is 28.7 Å². The van der Waals surface area contributed by atoms with Crippen molar-refractivity contribution in [2.45, 2.75) is 25.6 Å². The normalized spacial score (nSPS) is 18.4. The molecule has 1 aliphatic heterocycles. The number of ether oxygens (including phenoxy) is 1. The fraction of sp³-hybridized carbons (Fsp3) is 0.286. The molecule has 2 unspecified atom stereocenters. The highest BCUT2D eigenvalue weighted by Crippen LogP contribution is 2.45. The monoisotopic (exact) mass is 453 g/mol. The number of benzene rings is 2. The lowest BCUT2D eigenvalue weighted by molar-refractivity contribution is -0.206. The number of para-hydroxylation sites is 2. The van der Waals surface area contributed by atoms with Gasteiger partial charge in [-0.05, 0) is 38.1 Å². The van der Waals surface area contributed by atoms with E-state index in [1.807, 2.05) is 0 Å². The van der Waals surface area contributed by atoms with Gasteiger partial charge in [0.2, 0.25) is 5.54 Å². The molecule has 0 saturated carbocycles. The molecule has 6 nitrogen and oxygen atoms in total. The number of hydrogen-bond donors (Lipinski definition) is 1. The maximum absolute atomic E-state index is 14.7. The minimum absolute atomic E-state index is 0.0552. The maximum atomic E-state index is 14.7. The van der Waals surface area contributed by atoms with Crippen molar-refractivity contribution in [2.24, 2.45) is 11.0 Å². The molecule has 0 aliphatic carbocycles. The number of nitrogens with one attached hydrogen (secondary N) is 1. The summed E-state index contributed by atoms with van der Waals surface area (Å²) in [6.07, 6.45) is -5.23. The molecule has 0 aromatic heterocycles. The molecule has 3 rings (SSSR count). The third-order valence-corrected chi connectivity index (χ3v) is 5.14. The highest BCUT2D eigenvalue weighted by Gasteiger charge is 2.70. The molecule has 1 amide bonds. The van der Waals surface area contributed by atoms with Crippen LogP contribution < -0.4 is 10.3 Å². The molecule has 1 N–H and O–H groups in total. The summed E-state index contributed by atoms with van der Waals surface area (Å²) in [5, 5.41) is 7.03.